The summed E-state index contributed by atoms with van der Waals surface area (Å²) < 4.78 is 32.3. The minimum atomic E-state index is -5.09. The molecule has 1 rings (SSSR count). The van der Waals surface area contributed by atoms with Crippen LogP contribution in [0.15, 0.2) is 12.5 Å². The van der Waals surface area contributed by atoms with Crippen LogP contribution in [0.25, 0.3) is 0 Å². The van der Waals surface area contributed by atoms with Crippen LogP contribution in [0.5, 0.6) is 0 Å². The Morgan fingerprint density at radius 3 is 2.53 bits per heavy atom. The molecule has 0 spiro atoms. The predicted molar refractivity (Wildman–Crippen MR) is 57.3 cm³/mol. The molecule has 0 fully saturated rings. The second kappa shape index (κ2) is 6.51. The largest absolute Gasteiger partial charge is 0.500 e. The van der Waals surface area contributed by atoms with E-state index in [-0.39, 0.29) is 6.42 Å². The van der Waals surface area contributed by atoms with E-state index in [2.05, 4.69) is 23.8 Å². The highest BCUT2D eigenvalue weighted by Gasteiger charge is 2.29. The number of phosphoric ester groups is 1. The van der Waals surface area contributed by atoms with Crippen LogP contribution in [0.1, 0.15) is 5.69 Å². The molecule has 4 N–H and O–H groups in total. The minimum Gasteiger partial charge on any atom is -0.348 e. The molecule has 0 aliphatic rings. The second-order valence-corrected chi connectivity index (χ2v) is 5.65. The topological polar surface area (TPSA) is 168 Å². The molecule has 0 saturated carbocycles. The summed E-state index contributed by atoms with van der Waals surface area (Å²) >= 11 is 0. The zero-order valence-electron chi connectivity index (χ0n) is 9.20. The van der Waals surface area contributed by atoms with Gasteiger partial charge in [0, 0.05) is 11.9 Å². The quantitative estimate of drug-likeness (QED) is 0.283. The lowest BCUT2D eigenvalue weighted by molar-refractivity contribution is -0.148. The summed E-state index contributed by atoms with van der Waals surface area (Å²) in [6.45, 7) is -0.808. The Bertz CT molecular complexity index is 509. The van der Waals surface area contributed by atoms with Gasteiger partial charge in [0.1, 0.15) is 6.61 Å². The van der Waals surface area contributed by atoms with Crippen LogP contribution in [0, 0.1) is 0 Å². The van der Waals surface area contributed by atoms with Crippen LogP contribution < -0.4 is 0 Å². The van der Waals surface area contributed by atoms with Gasteiger partial charge >= 0.3 is 15.6 Å². The van der Waals surface area contributed by atoms with Crippen molar-refractivity contribution in [3.05, 3.63) is 18.2 Å². The van der Waals surface area contributed by atoms with Gasteiger partial charge in [0.05, 0.1) is 12.7 Å². The van der Waals surface area contributed by atoms with Gasteiger partial charge in [-0.25, -0.2) is 14.1 Å². The third-order valence-electron chi connectivity index (χ3n) is 1.56. The smallest absolute Gasteiger partial charge is 0.348 e. The van der Waals surface area contributed by atoms with Crippen molar-refractivity contribution in [3.63, 3.8) is 0 Å². The molecule has 1 heterocycles. The number of nitrogens with zero attached hydrogens (tertiary/aromatic N) is 1. The first-order valence-corrected chi connectivity index (χ1v) is 7.60. The fourth-order valence-corrected chi connectivity index (χ4v) is 1.94. The number of carbonyl (C=O) groups is 1. The summed E-state index contributed by atoms with van der Waals surface area (Å²) in [7, 11) is -9.98. The zero-order chi connectivity index (χ0) is 14.5. The van der Waals surface area contributed by atoms with E-state index in [0.29, 0.717) is 5.69 Å². The molecule has 19 heavy (non-hydrogen) atoms. The molecule has 0 aliphatic carbocycles. The lowest BCUT2D eigenvalue weighted by atomic mass is 10.2. The SMILES string of the molecule is O=C(COP(=O)(O)OOP(=O)(O)O)Cc1cnc[nH]1. The lowest BCUT2D eigenvalue weighted by Crippen LogP contribution is -2.11. The second-order valence-electron chi connectivity index (χ2n) is 3.17. The number of imidazole rings is 1. The van der Waals surface area contributed by atoms with Crippen molar-refractivity contribution in [1.82, 2.24) is 9.97 Å². The van der Waals surface area contributed by atoms with E-state index in [0.717, 1.165) is 0 Å². The fraction of sp³-hybridized carbons (Fsp3) is 0.333. The molecule has 0 aromatic carbocycles. The number of hydrogen-bond acceptors (Lipinski definition) is 7. The van der Waals surface area contributed by atoms with Crippen molar-refractivity contribution in [3.8, 4) is 0 Å². The summed E-state index contributed by atoms with van der Waals surface area (Å²) in [6.07, 6.45) is 2.60. The van der Waals surface area contributed by atoms with Crippen molar-refractivity contribution in [2.24, 2.45) is 0 Å². The first-order chi connectivity index (χ1) is 8.68. The molecule has 0 radical (unpaired) electrons. The predicted octanol–water partition coefficient (Wildman–Crippen LogP) is -0.321. The van der Waals surface area contributed by atoms with E-state index in [1.165, 1.54) is 12.5 Å². The van der Waals surface area contributed by atoms with Gasteiger partial charge in [-0.1, -0.05) is 0 Å². The highest BCUT2D eigenvalue weighted by atomic mass is 31.2. The van der Waals surface area contributed by atoms with Crippen LogP contribution in [0.2, 0.25) is 0 Å². The molecule has 13 heteroatoms. The van der Waals surface area contributed by atoms with Gasteiger partial charge in [-0.15, -0.1) is 9.35 Å². The molecular formula is C6H10N2O9P2. The number of H-pyrrole nitrogens is 1. The first kappa shape index (κ1) is 16.2. The highest BCUT2D eigenvalue weighted by Crippen LogP contribution is 2.49. The van der Waals surface area contributed by atoms with Gasteiger partial charge in [0.2, 0.25) is 0 Å². The molecular weight excluding hydrogens is 306 g/mol. The van der Waals surface area contributed by atoms with E-state index in [9.17, 15) is 13.9 Å². The van der Waals surface area contributed by atoms with Gasteiger partial charge < -0.3 is 19.7 Å². The molecule has 1 aromatic heterocycles. The molecule has 0 bridgehead atoms. The van der Waals surface area contributed by atoms with E-state index < -0.39 is 28.0 Å². The molecule has 1 atom stereocenters. The zero-order valence-corrected chi connectivity index (χ0v) is 11.0. The summed E-state index contributed by atoms with van der Waals surface area (Å²) in [6, 6.07) is 0. The maximum atomic E-state index is 11.3. The average molecular weight is 316 g/mol. The molecule has 1 unspecified atom stereocenters. The maximum absolute atomic E-state index is 11.3. The Labute approximate surface area is 106 Å². The molecule has 11 nitrogen and oxygen atoms in total. The maximum Gasteiger partial charge on any atom is 0.500 e. The van der Waals surface area contributed by atoms with E-state index in [1.54, 1.807) is 0 Å². The van der Waals surface area contributed by atoms with Crippen LogP contribution in [0.4, 0.5) is 0 Å². The van der Waals surface area contributed by atoms with Crippen LogP contribution in [-0.2, 0) is 34.2 Å². The van der Waals surface area contributed by atoms with E-state index >= 15 is 0 Å². The first-order valence-electron chi connectivity index (χ1n) is 4.58. The average Bonchev–Trinajstić information content (AvgIpc) is 2.76. The van der Waals surface area contributed by atoms with E-state index in [1.807, 2.05) is 0 Å². The Morgan fingerprint density at radius 1 is 1.32 bits per heavy atom. The van der Waals surface area contributed by atoms with Crippen LogP contribution in [-0.4, -0.2) is 37.0 Å². The molecule has 0 aliphatic heterocycles. The molecule has 0 amide bonds. The number of hydrogen-bond donors (Lipinski definition) is 4. The van der Waals surface area contributed by atoms with Gasteiger partial charge in [0.25, 0.3) is 0 Å². The molecule has 0 saturated heterocycles. The molecule has 108 valence electrons. The normalized spacial score (nSPS) is 15.1. The van der Waals surface area contributed by atoms with Gasteiger partial charge in [0.15, 0.2) is 5.78 Å². The van der Waals surface area contributed by atoms with Gasteiger partial charge in [-0.2, -0.15) is 0 Å². The fourth-order valence-electron chi connectivity index (χ4n) is 0.905. The van der Waals surface area contributed by atoms with Crippen molar-refractivity contribution < 1.29 is 42.5 Å². The van der Waals surface area contributed by atoms with Crippen molar-refractivity contribution in [2.45, 2.75) is 6.42 Å². The van der Waals surface area contributed by atoms with Crippen LogP contribution >= 0.6 is 15.6 Å². The number of aromatic nitrogens is 2. The van der Waals surface area contributed by atoms with Gasteiger partial charge in [-0.05, 0) is 0 Å². The van der Waals surface area contributed by atoms with Crippen LogP contribution in [0.3, 0.4) is 0 Å². The summed E-state index contributed by atoms with van der Waals surface area (Å²) in [5.41, 5.74) is 0.466. The monoisotopic (exact) mass is 316 g/mol. The molecule has 1 aromatic rings. The number of phosphoric acid groups is 2. The third kappa shape index (κ3) is 7.31. The van der Waals surface area contributed by atoms with Crippen molar-refractivity contribution in [1.29, 1.82) is 0 Å². The lowest BCUT2D eigenvalue weighted by Gasteiger charge is -2.10. The summed E-state index contributed by atoms with van der Waals surface area (Å²) in [5.74, 6) is -0.585. The number of rotatable bonds is 8. The van der Waals surface area contributed by atoms with Crippen molar-refractivity contribution >= 4 is 21.4 Å². The Kier molecular flexibility index (Phi) is 5.53. The number of Topliss-reactive ketones (excluding diaryl/α,β-unsaturated/α-hetero) is 1. The number of ketones is 1. The Balaban J connectivity index is 2.36. The number of carbonyl (C=O) groups excluding carboxylic acids is 1. The Morgan fingerprint density at radius 2 is 2.00 bits per heavy atom. The highest BCUT2D eigenvalue weighted by molar-refractivity contribution is 7.49. The van der Waals surface area contributed by atoms with E-state index in [4.69, 9.17) is 14.7 Å². The number of aromatic amines is 1. The summed E-state index contributed by atoms with van der Waals surface area (Å²) in [5, 5.41) is 0. The Hall–Kier alpha value is -0.900. The standard InChI is InChI=1S/C6H10N2O9P2/c9-6(1-5-2-7-4-8-5)3-15-19(13,14)17-16-18(10,11)12/h2,4H,1,3H2,(H,7,8)(H,13,14)(H2,10,11,12). The third-order valence-corrected chi connectivity index (χ3v) is 2.66. The minimum absolute atomic E-state index is 0.126. The van der Waals surface area contributed by atoms with Gasteiger partial charge in [-0.3, -0.25) is 9.32 Å². The summed E-state index contributed by atoms with van der Waals surface area (Å²) in [4.78, 5) is 43.0. The van der Waals surface area contributed by atoms with Crippen molar-refractivity contribution in [2.75, 3.05) is 6.61 Å². The number of nitrogens with one attached hydrogen (secondary N) is 1.